The molecule has 0 bridgehead atoms. The Kier molecular flexibility index (Phi) is 4.56. The van der Waals surface area contributed by atoms with Gasteiger partial charge in [0, 0.05) is 32.0 Å². The molecule has 0 N–H and O–H groups in total. The maximum Gasteiger partial charge on any atom is 0.262 e. The minimum atomic E-state index is -2.01. The number of morpholine rings is 1. The van der Waals surface area contributed by atoms with Gasteiger partial charge in [0.25, 0.3) is 11.8 Å². The second-order valence-electron chi connectivity index (χ2n) is 5.94. The molecule has 23 heavy (non-hydrogen) atoms. The summed E-state index contributed by atoms with van der Waals surface area (Å²) in [5, 5.41) is 0. The first-order valence-corrected chi connectivity index (χ1v) is 7.85. The zero-order chi connectivity index (χ0) is 16.3. The van der Waals surface area contributed by atoms with Gasteiger partial charge in [-0.2, -0.15) is 0 Å². The number of likely N-dealkylation sites (tertiary alicyclic amines) is 1. The molecule has 0 saturated carbocycles. The van der Waals surface area contributed by atoms with E-state index in [0.29, 0.717) is 44.8 Å². The van der Waals surface area contributed by atoms with Crippen LogP contribution >= 0.6 is 0 Å². The van der Waals surface area contributed by atoms with Crippen molar-refractivity contribution in [3.63, 3.8) is 0 Å². The van der Waals surface area contributed by atoms with Crippen LogP contribution in [0.2, 0.25) is 0 Å². The van der Waals surface area contributed by atoms with Gasteiger partial charge >= 0.3 is 0 Å². The van der Waals surface area contributed by atoms with Crippen molar-refractivity contribution in [3.8, 4) is 0 Å². The van der Waals surface area contributed by atoms with E-state index >= 15 is 4.39 Å². The zero-order valence-electron chi connectivity index (χ0n) is 12.9. The lowest BCUT2D eigenvalue weighted by molar-refractivity contribution is -0.151. The third-order valence-electron chi connectivity index (χ3n) is 4.32. The lowest BCUT2D eigenvalue weighted by Crippen LogP contribution is -2.58. The summed E-state index contributed by atoms with van der Waals surface area (Å²) in [7, 11) is 0. The van der Waals surface area contributed by atoms with Gasteiger partial charge in [-0.1, -0.05) is 0 Å². The number of amides is 2. The summed E-state index contributed by atoms with van der Waals surface area (Å²) in [6, 6.07) is 3.31. The molecule has 2 aliphatic rings. The number of piperidine rings is 1. The van der Waals surface area contributed by atoms with Crippen molar-refractivity contribution in [1.82, 2.24) is 14.8 Å². The van der Waals surface area contributed by atoms with Crippen molar-refractivity contribution < 1.29 is 18.7 Å². The van der Waals surface area contributed by atoms with Crippen LogP contribution in [0.25, 0.3) is 0 Å². The quantitative estimate of drug-likeness (QED) is 0.811. The van der Waals surface area contributed by atoms with Gasteiger partial charge in [0.2, 0.25) is 5.67 Å². The smallest absolute Gasteiger partial charge is 0.262 e. The van der Waals surface area contributed by atoms with Gasteiger partial charge in [-0.25, -0.2) is 4.39 Å². The Morgan fingerprint density at radius 3 is 2.70 bits per heavy atom. The Morgan fingerprint density at radius 2 is 2.00 bits per heavy atom. The SMILES string of the molecule is O=C(c1cccnc1)N1CCCC(F)(C(=O)N2CCOCC2)C1. The minimum absolute atomic E-state index is 0.153. The van der Waals surface area contributed by atoms with Crippen LogP contribution < -0.4 is 0 Å². The van der Waals surface area contributed by atoms with E-state index in [2.05, 4.69) is 4.98 Å². The highest BCUT2D eigenvalue weighted by Gasteiger charge is 2.46. The predicted octanol–water partition coefficient (Wildman–Crippen LogP) is 0.885. The van der Waals surface area contributed by atoms with Crippen LogP contribution in [0.3, 0.4) is 0 Å². The van der Waals surface area contributed by atoms with Gasteiger partial charge in [0.1, 0.15) is 0 Å². The van der Waals surface area contributed by atoms with E-state index in [0.717, 1.165) is 0 Å². The van der Waals surface area contributed by atoms with E-state index in [1.54, 1.807) is 18.3 Å². The van der Waals surface area contributed by atoms with Crippen LogP contribution in [-0.2, 0) is 9.53 Å². The zero-order valence-corrected chi connectivity index (χ0v) is 12.9. The van der Waals surface area contributed by atoms with Crippen molar-refractivity contribution in [2.75, 3.05) is 39.4 Å². The van der Waals surface area contributed by atoms with E-state index in [9.17, 15) is 9.59 Å². The molecular formula is C16H20FN3O3. The molecule has 3 heterocycles. The van der Waals surface area contributed by atoms with Crippen LogP contribution in [-0.4, -0.2) is 71.7 Å². The lowest BCUT2D eigenvalue weighted by Gasteiger charge is -2.39. The van der Waals surface area contributed by atoms with Gasteiger partial charge in [0.05, 0.1) is 25.3 Å². The fraction of sp³-hybridized carbons (Fsp3) is 0.562. The summed E-state index contributed by atoms with van der Waals surface area (Å²) in [4.78, 5) is 31.8. The van der Waals surface area contributed by atoms with Crippen molar-refractivity contribution >= 4 is 11.8 Å². The van der Waals surface area contributed by atoms with Crippen LogP contribution in [0.5, 0.6) is 0 Å². The number of halogens is 1. The number of rotatable bonds is 2. The Bertz CT molecular complexity index is 577. The Balaban J connectivity index is 1.71. The molecule has 0 radical (unpaired) electrons. The summed E-state index contributed by atoms with van der Waals surface area (Å²) < 4.78 is 20.4. The van der Waals surface area contributed by atoms with Gasteiger partial charge in [-0.15, -0.1) is 0 Å². The molecule has 1 aromatic rings. The Labute approximate surface area is 134 Å². The van der Waals surface area contributed by atoms with E-state index in [1.165, 1.54) is 16.0 Å². The van der Waals surface area contributed by atoms with Crippen molar-refractivity contribution in [2.45, 2.75) is 18.5 Å². The topological polar surface area (TPSA) is 62.7 Å². The number of carbonyl (C=O) groups is 2. The molecule has 0 aliphatic carbocycles. The highest BCUT2D eigenvalue weighted by Crippen LogP contribution is 2.29. The molecule has 7 heteroatoms. The molecular weight excluding hydrogens is 301 g/mol. The standard InChI is InChI=1S/C16H20FN3O3/c17-16(15(22)19-7-9-23-10-8-19)4-2-6-20(12-16)14(21)13-3-1-5-18-11-13/h1,3,5,11H,2,4,6-10,12H2. The molecule has 1 aromatic heterocycles. The molecule has 2 fully saturated rings. The average molecular weight is 321 g/mol. The molecule has 3 rings (SSSR count). The molecule has 1 atom stereocenters. The molecule has 2 aliphatic heterocycles. The number of aromatic nitrogens is 1. The third-order valence-corrected chi connectivity index (χ3v) is 4.32. The second-order valence-corrected chi connectivity index (χ2v) is 5.94. The maximum absolute atomic E-state index is 15.2. The van der Waals surface area contributed by atoms with E-state index in [4.69, 9.17) is 4.74 Å². The number of hydrogen-bond donors (Lipinski definition) is 0. The lowest BCUT2D eigenvalue weighted by atomic mass is 9.92. The number of pyridine rings is 1. The van der Waals surface area contributed by atoms with Gasteiger partial charge in [-0.05, 0) is 25.0 Å². The number of ether oxygens (including phenoxy) is 1. The second kappa shape index (κ2) is 6.62. The van der Waals surface area contributed by atoms with Crippen LogP contribution in [0.15, 0.2) is 24.5 Å². The van der Waals surface area contributed by atoms with Gasteiger partial charge in [0.15, 0.2) is 0 Å². The highest BCUT2D eigenvalue weighted by molar-refractivity contribution is 5.95. The Hall–Kier alpha value is -2.02. The molecule has 124 valence electrons. The number of hydrogen-bond acceptors (Lipinski definition) is 4. The fourth-order valence-electron chi connectivity index (χ4n) is 3.08. The van der Waals surface area contributed by atoms with Crippen LogP contribution in [0, 0.1) is 0 Å². The van der Waals surface area contributed by atoms with Gasteiger partial charge < -0.3 is 14.5 Å². The molecule has 2 saturated heterocycles. The molecule has 6 nitrogen and oxygen atoms in total. The van der Waals surface area contributed by atoms with E-state index in [1.807, 2.05) is 0 Å². The highest BCUT2D eigenvalue weighted by atomic mass is 19.1. The largest absolute Gasteiger partial charge is 0.378 e. The van der Waals surface area contributed by atoms with Crippen LogP contribution in [0.1, 0.15) is 23.2 Å². The summed E-state index contributed by atoms with van der Waals surface area (Å²) in [5.74, 6) is -0.806. The van der Waals surface area contributed by atoms with E-state index < -0.39 is 11.6 Å². The van der Waals surface area contributed by atoms with Crippen molar-refractivity contribution in [2.24, 2.45) is 0 Å². The first-order chi connectivity index (χ1) is 11.1. The number of nitrogens with zero attached hydrogens (tertiary/aromatic N) is 3. The van der Waals surface area contributed by atoms with Crippen molar-refractivity contribution in [3.05, 3.63) is 30.1 Å². The molecule has 1 unspecified atom stereocenters. The minimum Gasteiger partial charge on any atom is -0.378 e. The maximum atomic E-state index is 15.2. The summed E-state index contributed by atoms with van der Waals surface area (Å²) in [6.45, 7) is 1.93. The first kappa shape index (κ1) is 15.9. The fourth-order valence-corrected chi connectivity index (χ4v) is 3.08. The average Bonchev–Trinajstić information content (AvgIpc) is 2.62. The third kappa shape index (κ3) is 3.34. The van der Waals surface area contributed by atoms with E-state index in [-0.39, 0.29) is 18.9 Å². The van der Waals surface area contributed by atoms with Crippen molar-refractivity contribution in [1.29, 1.82) is 0 Å². The summed E-state index contributed by atoms with van der Waals surface area (Å²) >= 11 is 0. The number of carbonyl (C=O) groups excluding carboxylic acids is 2. The number of alkyl halides is 1. The first-order valence-electron chi connectivity index (χ1n) is 7.85. The Morgan fingerprint density at radius 1 is 1.22 bits per heavy atom. The summed E-state index contributed by atoms with van der Waals surface area (Å²) in [5.41, 5.74) is -1.59. The molecule has 2 amide bonds. The molecule has 0 aromatic carbocycles. The monoisotopic (exact) mass is 321 g/mol. The normalized spacial score (nSPS) is 25.3. The summed E-state index contributed by atoms with van der Waals surface area (Å²) in [6.07, 6.45) is 3.66. The predicted molar refractivity (Wildman–Crippen MR) is 80.6 cm³/mol. The molecule has 0 spiro atoms. The van der Waals surface area contributed by atoms with Crippen LogP contribution in [0.4, 0.5) is 4.39 Å². The van der Waals surface area contributed by atoms with Gasteiger partial charge in [-0.3, -0.25) is 14.6 Å².